The van der Waals surface area contributed by atoms with E-state index in [1.54, 1.807) is 20.8 Å². The molecule has 0 spiro atoms. The van der Waals surface area contributed by atoms with E-state index in [0.717, 1.165) is 5.01 Å². The second kappa shape index (κ2) is 5.55. The third kappa shape index (κ3) is 3.84. The zero-order valence-electron chi connectivity index (χ0n) is 10.9. The van der Waals surface area contributed by atoms with Crippen molar-refractivity contribution in [2.24, 2.45) is 0 Å². The predicted octanol–water partition coefficient (Wildman–Crippen LogP) is 1.47. The molecule has 19 heavy (non-hydrogen) atoms. The third-order valence-corrected chi connectivity index (χ3v) is 2.38. The summed E-state index contributed by atoms with van der Waals surface area (Å²) >= 11 is 0. The first-order chi connectivity index (χ1) is 8.74. The van der Waals surface area contributed by atoms with Crippen LogP contribution in [0.2, 0.25) is 0 Å². The van der Waals surface area contributed by atoms with Crippen LogP contribution in [0.1, 0.15) is 20.8 Å². The van der Waals surface area contributed by atoms with Gasteiger partial charge in [-0.3, -0.25) is 4.79 Å². The molecule has 0 heterocycles. The van der Waals surface area contributed by atoms with Gasteiger partial charge in [0.05, 0.1) is 6.10 Å². The molecule has 1 rings (SSSR count). The van der Waals surface area contributed by atoms with Crippen LogP contribution in [0.3, 0.4) is 0 Å². The number of nitrogens with one attached hydrogen (secondary N) is 1. The predicted molar refractivity (Wildman–Crippen MR) is 66.3 cm³/mol. The summed E-state index contributed by atoms with van der Waals surface area (Å²) in [5.41, 5.74) is 0.873. The zero-order valence-corrected chi connectivity index (χ0v) is 10.9. The van der Waals surface area contributed by atoms with Crippen molar-refractivity contribution in [3.63, 3.8) is 0 Å². The molecule has 0 bridgehead atoms. The standard InChI is InChI=1S/C12H16N2O5/c1-8(2)19-11(18)14(13-10(16)17)12(3)6-4-9(15)5-7-12/h4-8,13H,1-3H3,(H,16,17). The number of allylic oxidation sites excluding steroid dienone is 2. The van der Waals surface area contributed by atoms with Gasteiger partial charge in [-0.1, -0.05) is 0 Å². The van der Waals surface area contributed by atoms with Gasteiger partial charge in [-0.25, -0.2) is 20.0 Å². The number of carbonyl (C=O) groups excluding carboxylic acids is 2. The quantitative estimate of drug-likeness (QED) is 0.739. The molecule has 0 aromatic heterocycles. The van der Waals surface area contributed by atoms with Crippen molar-refractivity contribution in [3.8, 4) is 0 Å². The molecule has 7 heteroatoms. The molecule has 0 atom stereocenters. The lowest BCUT2D eigenvalue weighted by Crippen LogP contribution is -2.57. The molecular formula is C12H16N2O5. The smallest absolute Gasteiger partial charge is 0.430 e. The highest BCUT2D eigenvalue weighted by Crippen LogP contribution is 2.21. The Bertz CT molecular complexity index is 437. The maximum atomic E-state index is 11.9. The van der Waals surface area contributed by atoms with Gasteiger partial charge in [0.25, 0.3) is 0 Å². The lowest BCUT2D eigenvalue weighted by atomic mass is 9.95. The zero-order chi connectivity index (χ0) is 14.6. The number of nitrogens with zero attached hydrogens (tertiary/aromatic N) is 1. The van der Waals surface area contributed by atoms with Crippen molar-refractivity contribution in [2.45, 2.75) is 32.4 Å². The Morgan fingerprint density at radius 3 is 2.32 bits per heavy atom. The van der Waals surface area contributed by atoms with Gasteiger partial charge in [0.1, 0.15) is 5.54 Å². The molecule has 0 aliphatic heterocycles. The van der Waals surface area contributed by atoms with Crippen LogP contribution in [0.5, 0.6) is 0 Å². The molecular weight excluding hydrogens is 252 g/mol. The Kier molecular flexibility index (Phi) is 4.31. The Hall–Kier alpha value is -2.31. The highest BCUT2D eigenvalue weighted by atomic mass is 16.6. The molecule has 1 aliphatic carbocycles. The van der Waals surface area contributed by atoms with E-state index in [4.69, 9.17) is 9.84 Å². The van der Waals surface area contributed by atoms with Crippen LogP contribution >= 0.6 is 0 Å². The molecule has 0 unspecified atom stereocenters. The first-order valence-corrected chi connectivity index (χ1v) is 5.67. The maximum Gasteiger partial charge on any atom is 0.430 e. The normalized spacial score (nSPS) is 16.3. The van der Waals surface area contributed by atoms with Crippen LogP contribution in [-0.4, -0.2) is 39.7 Å². The molecule has 0 aromatic rings. The topological polar surface area (TPSA) is 95.9 Å². The number of hydrogen-bond donors (Lipinski definition) is 2. The summed E-state index contributed by atoms with van der Waals surface area (Å²) in [4.78, 5) is 33.8. The largest absolute Gasteiger partial charge is 0.464 e. The number of amides is 2. The van der Waals surface area contributed by atoms with E-state index in [-0.39, 0.29) is 5.78 Å². The number of ketones is 1. The minimum atomic E-state index is -1.40. The van der Waals surface area contributed by atoms with E-state index < -0.39 is 23.8 Å². The van der Waals surface area contributed by atoms with Crippen molar-refractivity contribution >= 4 is 18.0 Å². The van der Waals surface area contributed by atoms with Crippen LogP contribution in [-0.2, 0) is 9.53 Å². The van der Waals surface area contributed by atoms with Crippen LogP contribution in [0.25, 0.3) is 0 Å². The Balaban J connectivity index is 3.00. The lowest BCUT2D eigenvalue weighted by molar-refractivity contribution is -0.110. The number of hydrazine groups is 1. The Morgan fingerprint density at radius 1 is 1.37 bits per heavy atom. The molecule has 0 aromatic carbocycles. The summed E-state index contributed by atoms with van der Waals surface area (Å²) < 4.78 is 4.97. The molecule has 0 fully saturated rings. The average Bonchev–Trinajstić information content (AvgIpc) is 2.29. The van der Waals surface area contributed by atoms with Crippen molar-refractivity contribution in [3.05, 3.63) is 24.3 Å². The van der Waals surface area contributed by atoms with E-state index in [2.05, 4.69) is 0 Å². The number of ether oxygens (including phenoxy) is 1. The number of carbonyl (C=O) groups is 3. The molecule has 2 amide bonds. The van der Waals surface area contributed by atoms with Crippen LogP contribution in [0.15, 0.2) is 24.3 Å². The number of carboxylic acid groups (broad SMARTS) is 1. The van der Waals surface area contributed by atoms with Crippen LogP contribution in [0, 0.1) is 0 Å². The van der Waals surface area contributed by atoms with E-state index in [9.17, 15) is 14.4 Å². The monoisotopic (exact) mass is 268 g/mol. The summed E-state index contributed by atoms with van der Waals surface area (Å²) in [6.07, 6.45) is 2.73. The summed E-state index contributed by atoms with van der Waals surface area (Å²) in [6, 6.07) is 0. The van der Waals surface area contributed by atoms with Crippen molar-refractivity contribution in [1.29, 1.82) is 0 Å². The molecule has 0 saturated heterocycles. The highest BCUT2D eigenvalue weighted by Gasteiger charge is 2.35. The molecule has 0 radical (unpaired) electrons. The van der Waals surface area contributed by atoms with Crippen molar-refractivity contribution in [2.75, 3.05) is 0 Å². The van der Waals surface area contributed by atoms with Crippen LogP contribution < -0.4 is 5.43 Å². The average molecular weight is 268 g/mol. The van der Waals surface area contributed by atoms with Gasteiger partial charge in [-0.15, -0.1) is 0 Å². The molecule has 2 N–H and O–H groups in total. The fraction of sp³-hybridized carbons (Fsp3) is 0.417. The van der Waals surface area contributed by atoms with Gasteiger partial charge < -0.3 is 9.84 Å². The summed E-state index contributed by atoms with van der Waals surface area (Å²) in [5, 5.41) is 9.60. The van der Waals surface area contributed by atoms with Gasteiger partial charge in [0, 0.05) is 0 Å². The molecule has 7 nitrogen and oxygen atoms in total. The van der Waals surface area contributed by atoms with E-state index in [0.29, 0.717) is 0 Å². The Labute approximate surface area is 110 Å². The van der Waals surface area contributed by atoms with Crippen molar-refractivity contribution < 1.29 is 24.2 Å². The van der Waals surface area contributed by atoms with Crippen LogP contribution in [0.4, 0.5) is 9.59 Å². The second-order valence-corrected chi connectivity index (χ2v) is 4.48. The lowest BCUT2D eigenvalue weighted by Gasteiger charge is -2.36. The van der Waals surface area contributed by atoms with E-state index in [1.807, 2.05) is 5.43 Å². The SMILES string of the molecule is CC(C)OC(=O)N(NC(=O)O)C1(C)C=CC(=O)C=C1. The van der Waals surface area contributed by atoms with Gasteiger partial charge in [-0.05, 0) is 45.1 Å². The molecule has 1 aliphatic rings. The minimum Gasteiger partial charge on any atom is -0.464 e. The second-order valence-electron chi connectivity index (χ2n) is 4.48. The number of hydrogen-bond acceptors (Lipinski definition) is 4. The van der Waals surface area contributed by atoms with E-state index >= 15 is 0 Å². The summed E-state index contributed by atoms with van der Waals surface area (Å²) in [6.45, 7) is 4.87. The van der Waals surface area contributed by atoms with Gasteiger partial charge in [0.15, 0.2) is 5.78 Å². The highest BCUT2D eigenvalue weighted by molar-refractivity contribution is 6.00. The first-order valence-electron chi connectivity index (χ1n) is 5.67. The molecule has 104 valence electrons. The fourth-order valence-electron chi connectivity index (χ4n) is 1.47. The van der Waals surface area contributed by atoms with Gasteiger partial charge >= 0.3 is 12.2 Å². The van der Waals surface area contributed by atoms with Gasteiger partial charge in [-0.2, -0.15) is 0 Å². The summed E-state index contributed by atoms with van der Waals surface area (Å²) in [7, 11) is 0. The number of rotatable bonds is 2. The summed E-state index contributed by atoms with van der Waals surface area (Å²) in [5.74, 6) is -0.232. The Morgan fingerprint density at radius 2 is 1.89 bits per heavy atom. The fourth-order valence-corrected chi connectivity index (χ4v) is 1.47. The first kappa shape index (κ1) is 14.7. The third-order valence-electron chi connectivity index (χ3n) is 2.38. The van der Waals surface area contributed by atoms with Gasteiger partial charge in [0.2, 0.25) is 0 Å². The maximum absolute atomic E-state index is 11.9. The molecule has 0 saturated carbocycles. The van der Waals surface area contributed by atoms with Crippen molar-refractivity contribution in [1.82, 2.24) is 10.4 Å². The minimum absolute atomic E-state index is 0.232. The van der Waals surface area contributed by atoms with E-state index in [1.165, 1.54) is 24.3 Å².